The van der Waals surface area contributed by atoms with Gasteiger partial charge in [-0.3, -0.25) is 18.7 Å². The first-order valence-electron chi connectivity index (χ1n) is 9.37. The number of hydrogen-bond acceptors (Lipinski definition) is 4. The number of carbonyl (C=O) groups excluding carboxylic acids is 1. The molecule has 1 amide bonds. The van der Waals surface area contributed by atoms with Gasteiger partial charge in [0, 0.05) is 38.8 Å². The Morgan fingerprint density at radius 3 is 2.60 bits per heavy atom. The lowest BCUT2D eigenvalue weighted by molar-refractivity contribution is -0.125. The summed E-state index contributed by atoms with van der Waals surface area (Å²) in [5, 5.41) is 3.18. The van der Waals surface area contributed by atoms with E-state index in [4.69, 9.17) is 0 Å². The number of nitrogens with zero attached hydrogens (tertiary/aromatic N) is 3. The van der Waals surface area contributed by atoms with Gasteiger partial charge in [-0.25, -0.2) is 4.79 Å². The number of nitrogens with one attached hydrogen (secondary N) is 1. The van der Waals surface area contributed by atoms with Crippen LogP contribution < -0.4 is 21.5 Å². The topological polar surface area (TPSA) is 76.3 Å². The van der Waals surface area contributed by atoms with Crippen LogP contribution in [0.4, 0.5) is 5.82 Å². The van der Waals surface area contributed by atoms with E-state index in [0.717, 1.165) is 36.8 Å². The van der Waals surface area contributed by atoms with E-state index in [0.29, 0.717) is 24.9 Å². The first-order valence-corrected chi connectivity index (χ1v) is 9.37. The standard InChI is InChI=1S/C18H28N4O3/c1-3-22-15(11-16(23)20(2)18(22)25)21-10-6-7-13(12-21)17(24)19-14-8-4-5-9-14/h11,13-14H,3-10,12H2,1-2H3,(H,19,24). The van der Waals surface area contributed by atoms with Crippen molar-refractivity contribution < 1.29 is 4.79 Å². The molecule has 0 radical (unpaired) electrons. The van der Waals surface area contributed by atoms with Gasteiger partial charge in [0.25, 0.3) is 5.56 Å². The lowest BCUT2D eigenvalue weighted by atomic mass is 9.96. The van der Waals surface area contributed by atoms with Crippen LogP contribution in [-0.4, -0.2) is 34.2 Å². The Morgan fingerprint density at radius 2 is 1.92 bits per heavy atom. The molecule has 138 valence electrons. The van der Waals surface area contributed by atoms with E-state index < -0.39 is 0 Å². The molecule has 1 aliphatic heterocycles. The van der Waals surface area contributed by atoms with E-state index in [1.165, 1.54) is 26.0 Å². The minimum Gasteiger partial charge on any atom is -0.357 e. The number of aromatic nitrogens is 2. The van der Waals surface area contributed by atoms with Crippen LogP contribution in [0.2, 0.25) is 0 Å². The van der Waals surface area contributed by atoms with Crippen molar-refractivity contribution >= 4 is 11.7 Å². The molecule has 2 aliphatic rings. The summed E-state index contributed by atoms with van der Waals surface area (Å²) in [7, 11) is 1.49. The zero-order chi connectivity index (χ0) is 18.0. The van der Waals surface area contributed by atoms with Crippen molar-refractivity contribution in [3.63, 3.8) is 0 Å². The van der Waals surface area contributed by atoms with Gasteiger partial charge in [-0.1, -0.05) is 12.8 Å². The van der Waals surface area contributed by atoms with Crippen molar-refractivity contribution in [2.24, 2.45) is 13.0 Å². The summed E-state index contributed by atoms with van der Waals surface area (Å²) in [6, 6.07) is 1.84. The maximum Gasteiger partial charge on any atom is 0.332 e. The molecule has 25 heavy (non-hydrogen) atoms. The van der Waals surface area contributed by atoms with Crippen LogP contribution in [0.5, 0.6) is 0 Å². The Hall–Kier alpha value is -2.05. The van der Waals surface area contributed by atoms with Crippen molar-refractivity contribution in [3.8, 4) is 0 Å². The third-order valence-corrected chi connectivity index (χ3v) is 5.51. The van der Waals surface area contributed by atoms with E-state index in [1.807, 2.05) is 11.8 Å². The molecule has 1 saturated heterocycles. The van der Waals surface area contributed by atoms with Gasteiger partial charge >= 0.3 is 5.69 Å². The number of amides is 1. The fourth-order valence-corrected chi connectivity index (χ4v) is 4.01. The lowest BCUT2D eigenvalue weighted by Gasteiger charge is -2.35. The molecule has 1 atom stereocenters. The van der Waals surface area contributed by atoms with E-state index in [1.54, 1.807) is 4.57 Å². The highest BCUT2D eigenvalue weighted by Crippen LogP contribution is 2.23. The number of piperidine rings is 1. The Balaban J connectivity index is 1.78. The molecule has 1 unspecified atom stereocenters. The predicted octanol–water partition coefficient (Wildman–Crippen LogP) is 0.842. The molecule has 3 rings (SSSR count). The molecule has 0 bridgehead atoms. The Labute approximate surface area is 147 Å². The molecular weight excluding hydrogens is 320 g/mol. The fraction of sp³-hybridized carbons (Fsp3) is 0.722. The molecule has 2 fully saturated rings. The van der Waals surface area contributed by atoms with Crippen molar-refractivity contribution in [2.45, 2.75) is 58.0 Å². The molecular formula is C18H28N4O3. The van der Waals surface area contributed by atoms with E-state index in [2.05, 4.69) is 5.32 Å². The van der Waals surface area contributed by atoms with Gasteiger partial charge in [0.15, 0.2) is 0 Å². The summed E-state index contributed by atoms with van der Waals surface area (Å²) in [4.78, 5) is 39.0. The zero-order valence-electron chi connectivity index (χ0n) is 15.2. The number of anilines is 1. The smallest absolute Gasteiger partial charge is 0.332 e. The van der Waals surface area contributed by atoms with Gasteiger partial charge in [0.05, 0.1) is 5.92 Å². The first-order chi connectivity index (χ1) is 12.0. The van der Waals surface area contributed by atoms with Crippen LogP contribution in [0.1, 0.15) is 45.4 Å². The second kappa shape index (κ2) is 7.45. The lowest BCUT2D eigenvalue weighted by Crippen LogP contribution is -2.48. The highest BCUT2D eigenvalue weighted by Gasteiger charge is 2.29. The summed E-state index contributed by atoms with van der Waals surface area (Å²) in [6.07, 6.45) is 6.28. The second-order valence-corrected chi connectivity index (χ2v) is 7.20. The van der Waals surface area contributed by atoms with Crippen LogP contribution >= 0.6 is 0 Å². The van der Waals surface area contributed by atoms with Gasteiger partial charge < -0.3 is 10.2 Å². The minimum absolute atomic E-state index is 0.0844. The predicted molar refractivity (Wildman–Crippen MR) is 97.0 cm³/mol. The van der Waals surface area contributed by atoms with Gasteiger partial charge in [-0.2, -0.15) is 0 Å². The van der Waals surface area contributed by atoms with Gasteiger partial charge in [0.2, 0.25) is 5.91 Å². The second-order valence-electron chi connectivity index (χ2n) is 7.20. The Bertz CT molecular complexity index is 746. The third-order valence-electron chi connectivity index (χ3n) is 5.51. The monoisotopic (exact) mass is 348 g/mol. The number of rotatable bonds is 4. The summed E-state index contributed by atoms with van der Waals surface area (Å²) in [6.45, 7) is 3.71. The Kier molecular flexibility index (Phi) is 5.30. The zero-order valence-corrected chi connectivity index (χ0v) is 15.2. The molecule has 7 heteroatoms. The average molecular weight is 348 g/mol. The van der Waals surface area contributed by atoms with Crippen LogP contribution in [0.15, 0.2) is 15.7 Å². The molecule has 1 N–H and O–H groups in total. The van der Waals surface area contributed by atoms with Crippen molar-refractivity contribution in [1.82, 2.24) is 14.5 Å². The molecule has 1 aliphatic carbocycles. The summed E-state index contributed by atoms with van der Waals surface area (Å²) >= 11 is 0. The van der Waals surface area contributed by atoms with Crippen LogP contribution in [-0.2, 0) is 18.4 Å². The molecule has 1 aromatic rings. The highest BCUT2D eigenvalue weighted by atomic mass is 16.2. The van der Waals surface area contributed by atoms with Gasteiger partial charge in [0.1, 0.15) is 5.82 Å². The van der Waals surface area contributed by atoms with Crippen molar-refractivity contribution in [1.29, 1.82) is 0 Å². The summed E-state index contributed by atoms with van der Waals surface area (Å²) < 4.78 is 2.74. The highest BCUT2D eigenvalue weighted by molar-refractivity contribution is 5.79. The molecule has 2 heterocycles. The maximum atomic E-state index is 12.6. The van der Waals surface area contributed by atoms with E-state index in [9.17, 15) is 14.4 Å². The largest absolute Gasteiger partial charge is 0.357 e. The minimum atomic E-state index is -0.303. The normalized spacial score (nSPS) is 21.5. The van der Waals surface area contributed by atoms with Crippen LogP contribution in [0.3, 0.4) is 0 Å². The van der Waals surface area contributed by atoms with E-state index >= 15 is 0 Å². The van der Waals surface area contributed by atoms with E-state index in [-0.39, 0.29) is 23.1 Å². The average Bonchev–Trinajstić information content (AvgIpc) is 3.12. The van der Waals surface area contributed by atoms with Crippen LogP contribution in [0, 0.1) is 5.92 Å². The summed E-state index contributed by atoms with van der Waals surface area (Å²) in [5.41, 5.74) is -0.607. The quantitative estimate of drug-likeness (QED) is 0.875. The fourth-order valence-electron chi connectivity index (χ4n) is 4.01. The SMILES string of the molecule is CCn1c(N2CCCC(C(=O)NC3CCCC3)C2)cc(=O)n(C)c1=O. The van der Waals surface area contributed by atoms with Crippen molar-refractivity contribution in [3.05, 3.63) is 26.9 Å². The molecule has 0 aromatic carbocycles. The van der Waals surface area contributed by atoms with Crippen molar-refractivity contribution in [2.75, 3.05) is 18.0 Å². The third kappa shape index (κ3) is 3.65. The van der Waals surface area contributed by atoms with Gasteiger partial charge in [-0.05, 0) is 32.6 Å². The molecule has 0 spiro atoms. The Morgan fingerprint density at radius 1 is 1.20 bits per heavy atom. The molecule has 1 aromatic heterocycles. The van der Waals surface area contributed by atoms with Gasteiger partial charge in [-0.15, -0.1) is 0 Å². The van der Waals surface area contributed by atoms with Crippen LogP contribution in [0.25, 0.3) is 0 Å². The maximum absolute atomic E-state index is 12.6. The summed E-state index contributed by atoms with van der Waals surface area (Å²) in [5.74, 6) is 0.665. The first kappa shape index (κ1) is 17.8. The number of hydrogen-bond donors (Lipinski definition) is 1. The molecule has 1 saturated carbocycles. The molecule has 7 nitrogen and oxygen atoms in total. The number of carbonyl (C=O) groups is 1.